The molecule has 5 nitrogen and oxygen atoms in total. The lowest BCUT2D eigenvalue weighted by atomic mass is 10.2. The maximum atomic E-state index is 12.0. The number of carbonyl (C=O) groups is 2. The largest absolute Gasteiger partial charge is 0.494 e. The SMILES string of the molecule is CCCCCCOc1ccc(C(=O)OCC(=O)NCc2ccccc2)cc1. The quantitative estimate of drug-likeness (QED) is 0.478. The Balaban J connectivity index is 1.68. The molecule has 0 aliphatic rings. The molecule has 1 amide bonds. The zero-order valence-corrected chi connectivity index (χ0v) is 15.8. The summed E-state index contributed by atoms with van der Waals surface area (Å²) in [6.45, 7) is 2.94. The minimum absolute atomic E-state index is 0.304. The highest BCUT2D eigenvalue weighted by Gasteiger charge is 2.10. The molecular formula is C22H27NO4. The van der Waals surface area contributed by atoms with Crippen LogP contribution in [0.1, 0.15) is 48.5 Å². The average molecular weight is 369 g/mol. The summed E-state index contributed by atoms with van der Waals surface area (Å²) in [6.07, 6.45) is 4.59. The van der Waals surface area contributed by atoms with Gasteiger partial charge in [-0.15, -0.1) is 0 Å². The van der Waals surface area contributed by atoms with E-state index in [0.717, 1.165) is 24.2 Å². The molecule has 0 saturated carbocycles. The van der Waals surface area contributed by atoms with E-state index in [4.69, 9.17) is 9.47 Å². The highest BCUT2D eigenvalue weighted by Crippen LogP contribution is 2.14. The van der Waals surface area contributed by atoms with Crippen molar-refractivity contribution in [2.24, 2.45) is 0 Å². The molecule has 0 aliphatic carbocycles. The average Bonchev–Trinajstić information content (AvgIpc) is 2.71. The van der Waals surface area contributed by atoms with Gasteiger partial charge in [-0.3, -0.25) is 4.79 Å². The molecule has 144 valence electrons. The maximum absolute atomic E-state index is 12.0. The molecule has 0 radical (unpaired) electrons. The lowest BCUT2D eigenvalue weighted by molar-refractivity contribution is -0.124. The molecule has 0 aromatic heterocycles. The molecule has 0 atom stereocenters. The summed E-state index contributed by atoms with van der Waals surface area (Å²) in [5.41, 5.74) is 1.38. The van der Waals surface area contributed by atoms with Crippen LogP contribution in [0.25, 0.3) is 0 Å². The smallest absolute Gasteiger partial charge is 0.338 e. The van der Waals surface area contributed by atoms with Crippen molar-refractivity contribution in [1.29, 1.82) is 0 Å². The summed E-state index contributed by atoms with van der Waals surface area (Å²) in [7, 11) is 0. The standard InChI is InChI=1S/C22H27NO4/c1-2-3-4-8-15-26-20-13-11-19(12-14-20)22(25)27-17-21(24)23-16-18-9-6-5-7-10-18/h5-7,9-14H,2-4,8,15-17H2,1H3,(H,23,24). The number of rotatable bonds is 11. The van der Waals surface area contributed by atoms with Gasteiger partial charge < -0.3 is 14.8 Å². The zero-order valence-electron chi connectivity index (χ0n) is 15.8. The highest BCUT2D eigenvalue weighted by atomic mass is 16.5. The maximum Gasteiger partial charge on any atom is 0.338 e. The molecule has 0 heterocycles. The molecule has 0 saturated heterocycles. The fourth-order valence-electron chi connectivity index (χ4n) is 2.47. The second kappa shape index (κ2) is 11.7. The van der Waals surface area contributed by atoms with E-state index in [1.807, 2.05) is 30.3 Å². The summed E-state index contributed by atoms with van der Waals surface area (Å²) in [5, 5.41) is 2.72. The van der Waals surface area contributed by atoms with Crippen LogP contribution in [0.15, 0.2) is 54.6 Å². The van der Waals surface area contributed by atoms with Gasteiger partial charge in [-0.1, -0.05) is 56.5 Å². The van der Waals surface area contributed by atoms with Crippen molar-refractivity contribution in [3.05, 3.63) is 65.7 Å². The van der Waals surface area contributed by atoms with E-state index in [1.54, 1.807) is 24.3 Å². The monoisotopic (exact) mass is 369 g/mol. The summed E-state index contributed by atoms with van der Waals surface area (Å²) < 4.78 is 10.7. The predicted octanol–water partition coefficient (Wildman–Crippen LogP) is 4.12. The Morgan fingerprint density at radius 3 is 2.37 bits per heavy atom. The van der Waals surface area contributed by atoms with Crippen molar-refractivity contribution in [2.45, 2.75) is 39.2 Å². The van der Waals surface area contributed by atoms with E-state index in [0.29, 0.717) is 18.7 Å². The third kappa shape index (κ3) is 7.94. The van der Waals surface area contributed by atoms with Crippen molar-refractivity contribution in [2.75, 3.05) is 13.2 Å². The Hall–Kier alpha value is -2.82. The van der Waals surface area contributed by atoms with Crippen LogP contribution >= 0.6 is 0 Å². The van der Waals surface area contributed by atoms with Gasteiger partial charge in [0.2, 0.25) is 0 Å². The van der Waals surface area contributed by atoms with Gasteiger partial charge in [0.1, 0.15) is 5.75 Å². The van der Waals surface area contributed by atoms with E-state index >= 15 is 0 Å². The number of amides is 1. The molecule has 2 aromatic carbocycles. The zero-order chi connectivity index (χ0) is 19.3. The van der Waals surface area contributed by atoms with Crippen LogP contribution < -0.4 is 10.1 Å². The first kappa shape index (κ1) is 20.5. The van der Waals surface area contributed by atoms with E-state index in [2.05, 4.69) is 12.2 Å². The molecule has 0 aliphatic heterocycles. The summed E-state index contributed by atoms with van der Waals surface area (Å²) in [5.74, 6) is -0.137. The Bertz CT molecular complexity index is 698. The van der Waals surface area contributed by atoms with Crippen molar-refractivity contribution < 1.29 is 19.1 Å². The topological polar surface area (TPSA) is 64.6 Å². The molecule has 2 aromatic rings. The van der Waals surface area contributed by atoms with Gasteiger partial charge in [-0.2, -0.15) is 0 Å². The molecule has 2 rings (SSSR count). The fraction of sp³-hybridized carbons (Fsp3) is 0.364. The van der Waals surface area contributed by atoms with Crippen LogP contribution in [0.4, 0.5) is 0 Å². The fourth-order valence-corrected chi connectivity index (χ4v) is 2.47. The van der Waals surface area contributed by atoms with Gasteiger partial charge in [0.15, 0.2) is 6.61 Å². The molecular weight excluding hydrogens is 342 g/mol. The number of esters is 1. The molecule has 0 fully saturated rings. The Morgan fingerprint density at radius 2 is 1.67 bits per heavy atom. The van der Waals surface area contributed by atoms with Crippen molar-refractivity contribution >= 4 is 11.9 Å². The number of hydrogen-bond donors (Lipinski definition) is 1. The lowest BCUT2D eigenvalue weighted by Crippen LogP contribution is -2.28. The number of carbonyl (C=O) groups excluding carboxylic acids is 2. The van der Waals surface area contributed by atoms with E-state index in [9.17, 15) is 9.59 Å². The molecule has 1 N–H and O–H groups in total. The first-order valence-electron chi connectivity index (χ1n) is 9.39. The summed E-state index contributed by atoms with van der Waals surface area (Å²) in [4.78, 5) is 23.8. The molecule has 27 heavy (non-hydrogen) atoms. The summed E-state index contributed by atoms with van der Waals surface area (Å²) in [6, 6.07) is 16.3. The van der Waals surface area contributed by atoms with Gasteiger partial charge in [0, 0.05) is 6.54 Å². The van der Waals surface area contributed by atoms with E-state index < -0.39 is 5.97 Å². The Labute approximate surface area is 160 Å². The van der Waals surface area contributed by atoms with Gasteiger partial charge >= 0.3 is 5.97 Å². The van der Waals surface area contributed by atoms with Gasteiger partial charge in [0.05, 0.1) is 12.2 Å². The lowest BCUT2D eigenvalue weighted by Gasteiger charge is -2.08. The highest BCUT2D eigenvalue weighted by molar-refractivity contribution is 5.91. The number of benzene rings is 2. The van der Waals surface area contributed by atoms with Crippen LogP contribution in [0.5, 0.6) is 5.75 Å². The van der Waals surface area contributed by atoms with E-state index in [1.165, 1.54) is 12.8 Å². The van der Waals surface area contributed by atoms with Gasteiger partial charge in [-0.25, -0.2) is 4.79 Å². The van der Waals surface area contributed by atoms with Crippen LogP contribution in [-0.2, 0) is 16.1 Å². The van der Waals surface area contributed by atoms with Gasteiger partial charge in [-0.05, 0) is 36.2 Å². The second-order valence-electron chi connectivity index (χ2n) is 6.27. The van der Waals surface area contributed by atoms with Crippen molar-refractivity contribution in [1.82, 2.24) is 5.32 Å². The van der Waals surface area contributed by atoms with Gasteiger partial charge in [0.25, 0.3) is 5.91 Å². The molecule has 0 spiro atoms. The van der Waals surface area contributed by atoms with Crippen LogP contribution in [0.2, 0.25) is 0 Å². The van der Waals surface area contributed by atoms with Crippen LogP contribution in [0.3, 0.4) is 0 Å². The minimum atomic E-state index is -0.528. The number of unbranched alkanes of at least 4 members (excludes halogenated alkanes) is 3. The first-order valence-corrected chi connectivity index (χ1v) is 9.39. The Morgan fingerprint density at radius 1 is 0.926 bits per heavy atom. The second-order valence-corrected chi connectivity index (χ2v) is 6.27. The molecule has 0 unspecified atom stereocenters. The van der Waals surface area contributed by atoms with E-state index in [-0.39, 0.29) is 12.5 Å². The predicted molar refractivity (Wildman–Crippen MR) is 105 cm³/mol. The van der Waals surface area contributed by atoms with Crippen LogP contribution in [0, 0.1) is 0 Å². The number of ether oxygens (including phenoxy) is 2. The number of nitrogens with one attached hydrogen (secondary N) is 1. The first-order chi connectivity index (χ1) is 13.2. The minimum Gasteiger partial charge on any atom is -0.494 e. The summed E-state index contributed by atoms with van der Waals surface area (Å²) >= 11 is 0. The van der Waals surface area contributed by atoms with Crippen LogP contribution in [-0.4, -0.2) is 25.1 Å². The molecule has 0 bridgehead atoms. The Kier molecular flexibility index (Phi) is 8.90. The van der Waals surface area contributed by atoms with Crippen molar-refractivity contribution in [3.8, 4) is 5.75 Å². The van der Waals surface area contributed by atoms with Crippen molar-refractivity contribution in [3.63, 3.8) is 0 Å². The normalized spacial score (nSPS) is 10.3. The third-order valence-electron chi connectivity index (χ3n) is 4.02. The number of hydrogen-bond acceptors (Lipinski definition) is 4. The molecule has 5 heteroatoms. The third-order valence-corrected chi connectivity index (χ3v) is 4.02.